The maximum Gasteiger partial charge on any atom is 0.301 e. The minimum absolute atomic E-state index is 0.0202. The van der Waals surface area contributed by atoms with Gasteiger partial charge >= 0.3 is 5.91 Å². The highest BCUT2D eigenvalue weighted by Crippen LogP contribution is 2.45. The van der Waals surface area contributed by atoms with Crippen molar-refractivity contribution in [1.29, 1.82) is 0 Å². The number of thiazole rings is 1. The largest absolute Gasteiger partial charge is 0.505 e. The molecule has 0 bridgehead atoms. The quantitative estimate of drug-likeness (QED) is 0.172. The average molecular weight is 529 g/mol. The SMILES string of the molecule is Cc1cc(C)c2nc(N3C(=O)C(=O)C(=C(O)c4c(C)nc5ccccn45)C3c3ccc(Cl)cc3)sc2c1. The highest BCUT2D eigenvalue weighted by atomic mass is 35.5. The molecule has 184 valence electrons. The highest BCUT2D eigenvalue weighted by Gasteiger charge is 2.48. The fraction of sp³-hybridized carbons (Fsp3) is 0.143. The molecular weight excluding hydrogens is 508 g/mol. The molecule has 1 saturated heterocycles. The van der Waals surface area contributed by atoms with E-state index >= 15 is 0 Å². The Kier molecular flexibility index (Phi) is 5.40. The van der Waals surface area contributed by atoms with E-state index in [-0.39, 0.29) is 11.3 Å². The Morgan fingerprint density at radius 1 is 1.03 bits per heavy atom. The molecule has 0 aliphatic carbocycles. The van der Waals surface area contributed by atoms with Crippen molar-refractivity contribution in [2.75, 3.05) is 4.90 Å². The molecule has 0 radical (unpaired) electrons. The summed E-state index contributed by atoms with van der Waals surface area (Å²) < 4.78 is 2.63. The lowest BCUT2D eigenvalue weighted by molar-refractivity contribution is -0.132. The van der Waals surface area contributed by atoms with Crippen LogP contribution in [0.1, 0.15) is 34.1 Å². The Hall–Kier alpha value is -4.01. The van der Waals surface area contributed by atoms with Gasteiger partial charge in [-0.1, -0.05) is 47.2 Å². The van der Waals surface area contributed by atoms with Crippen LogP contribution in [0.15, 0.2) is 66.4 Å². The van der Waals surface area contributed by atoms with Gasteiger partial charge in [0.25, 0.3) is 5.78 Å². The maximum atomic E-state index is 13.6. The van der Waals surface area contributed by atoms with Gasteiger partial charge in [0.2, 0.25) is 0 Å². The molecule has 1 aliphatic heterocycles. The summed E-state index contributed by atoms with van der Waals surface area (Å²) in [5.41, 5.74) is 4.98. The number of halogens is 1. The fourth-order valence-corrected chi connectivity index (χ4v) is 6.27. The fourth-order valence-electron chi connectivity index (χ4n) is 4.98. The number of anilines is 1. The van der Waals surface area contributed by atoms with E-state index in [1.807, 2.05) is 44.2 Å². The number of imidazole rings is 1. The van der Waals surface area contributed by atoms with Crippen LogP contribution in [-0.2, 0) is 9.59 Å². The Labute approximate surface area is 221 Å². The first kappa shape index (κ1) is 23.4. The number of aryl methyl sites for hydroxylation is 3. The predicted octanol–water partition coefficient (Wildman–Crippen LogP) is 6.15. The van der Waals surface area contributed by atoms with Crippen LogP contribution in [0.2, 0.25) is 5.02 Å². The number of rotatable bonds is 3. The molecular formula is C28H21ClN4O3S. The van der Waals surface area contributed by atoms with Crippen LogP contribution in [0.4, 0.5) is 5.13 Å². The van der Waals surface area contributed by atoms with Gasteiger partial charge in [0.05, 0.1) is 27.5 Å². The summed E-state index contributed by atoms with van der Waals surface area (Å²) in [7, 11) is 0. The van der Waals surface area contributed by atoms with Crippen molar-refractivity contribution in [2.45, 2.75) is 26.8 Å². The number of aromatic nitrogens is 3. The van der Waals surface area contributed by atoms with Crippen LogP contribution < -0.4 is 4.90 Å². The summed E-state index contributed by atoms with van der Waals surface area (Å²) in [6, 6.07) is 15.5. The second-order valence-electron chi connectivity index (χ2n) is 9.12. The first-order chi connectivity index (χ1) is 17.7. The zero-order valence-corrected chi connectivity index (χ0v) is 21.8. The summed E-state index contributed by atoms with van der Waals surface area (Å²) in [6.45, 7) is 5.73. The molecule has 4 heterocycles. The number of fused-ring (bicyclic) bond motifs is 2. The number of nitrogens with zero attached hydrogens (tertiary/aromatic N) is 4. The van der Waals surface area contributed by atoms with Gasteiger partial charge in [-0.2, -0.15) is 0 Å². The lowest BCUT2D eigenvalue weighted by Gasteiger charge is -2.23. The number of pyridine rings is 1. The molecule has 0 spiro atoms. The van der Waals surface area contributed by atoms with Crippen molar-refractivity contribution in [3.8, 4) is 0 Å². The van der Waals surface area contributed by atoms with Gasteiger partial charge in [-0.25, -0.2) is 9.97 Å². The number of amides is 1. The van der Waals surface area contributed by atoms with Gasteiger partial charge in [-0.05, 0) is 67.8 Å². The minimum atomic E-state index is -0.895. The number of ketones is 1. The number of aliphatic hydroxyl groups is 1. The zero-order valence-electron chi connectivity index (χ0n) is 20.2. The number of hydrogen-bond donors (Lipinski definition) is 1. The normalized spacial score (nSPS) is 17.4. The minimum Gasteiger partial charge on any atom is -0.505 e. The van der Waals surface area contributed by atoms with Crippen molar-refractivity contribution in [1.82, 2.24) is 14.4 Å². The van der Waals surface area contributed by atoms with Crippen molar-refractivity contribution in [2.24, 2.45) is 0 Å². The molecule has 1 aliphatic rings. The molecule has 1 N–H and O–H groups in total. The monoisotopic (exact) mass is 528 g/mol. The van der Waals surface area contributed by atoms with Crippen LogP contribution >= 0.6 is 22.9 Å². The number of carbonyl (C=O) groups is 2. The van der Waals surface area contributed by atoms with Crippen LogP contribution in [0.25, 0.3) is 21.6 Å². The lowest BCUT2D eigenvalue weighted by atomic mass is 9.96. The Balaban J connectivity index is 1.62. The molecule has 1 atom stereocenters. The summed E-state index contributed by atoms with van der Waals surface area (Å²) in [5, 5.41) is 12.5. The third-order valence-corrected chi connectivity index (χ3v) is 7.84. The molecule has 5 aromatic rings. The number of Topliss-reactive ketones (excluding diaryl/α,β-unsaturated/α-hetero) is 1. The summed E-state index contributed by atoms with van der Waals surface area (Å²) >= 11 is 7.49. The first-order valence-electron chi connectivity index (χ1n) is 11.6. The van der Waals surface area contributed by atoms with E-state index in [0.29, 0.717) is 32.8 Å². The smallest absolute Gasteiger partial charge is 0.301 e. The van der Waals surface area contributed by atoms with Gasteiger partial charge in [-0.15, -0.1) is 0 Å². The van der Waals surface area contributed by atoms with Crippen LogP contribution in [-0.4, -0.2) is 31.2 Å². The molecule has 1 fully saturated rings. The number of hydrogen-bond acceptors (Lipinski definition) is 6. The van der Waals surface area contributed by atoms with E-state index < -0.39 is 17.7 Å². The number of carbonyl (C=O) groups excluding carboxylic acids is 2. The van der Waals surface area contributed by atoms with Gasteiger partial charge in [-0.3, -0.25) is 18.9 Å². The second-order valence-corrected chi connectivity index (χ2v) is 10.6. The number of benzene rings is 2. The molecule has 9 heteroatoms. The predicted molar refractivity (Wildman–Crippen MR) is 145 cm³/mol. The van der Waals surface area contributed by atoms with Crippen molar-refractivity contribution < 1.29 is 14.7 Å². The molecule has 2 aromatic carbocycles. The molecule has 7 nitrogen and oxygen atoms in total. The van der Waals surface area contributed by atoms with Gasteiger partial charge in [0.1, 0.15) is 11.3 Å². The van der Waals surface area contributed by atoms with Gasteiger partial charge in [0, 0.05) is 11.2 Å². The standard InChI is InChI=1S/C28H21ClN4O3S/c1-14-12-15(2)22-19(13-14)37-28(31-22)33-24(17-7-9-18(29)10-8-17)21(26(35)27(33)36)25(34)23-16(3)30-20-6-4-5-11-32(20)23/h4-13,24,34H,1-3H3. The van der Waals surface area contributed by atoms with Crippen molar-refractivity contribution >= 4 is 61.4 Å². The van der Waals surface area contributed by atoms with E-state index in [2.05, 4.69) is 4.98 Å². The van der Waals surface area contributed by atoms with Crippen LogP contribution in [0.5, 0.6) is 0 Å². The third-order valence-electron chi connectivity index (χ3n) is 6.58. The average Bonchev–Trinajstić information content (AvgIpc) is 3.51. The molecule has 0 saturated carbocycles. The first-order valence-corrected chi connectivity index (χ1v) is 12.8. The Morgan fingerprint density at radius 3 is 2.54 bits per heavy atom. The van der Waals surface area contributed by atoms with Crippen LogP contribution in [0, 0.1) is 20.8 Å². The van der Waals surface area contributed by atoms with E-state index in [9.17, 15) is 14.7 Å². The summed E-state index contributed by atoms with van der Waals surface area (Å²) in [4.78, 5) is 37.8. The Bertz CT molecular complexity index is 1780. The van der Waals surface area contributed by atoms with E-state index in [1.54, 1.807) is 41.8 Å². The van der Waals surface area contributed by atoms with Crippen LogP contribution in [0.3, 0.4) is 0 Å². The third kappa shape index (κ3) is 3.63. The molecule has 37 heavy (non-hydrogen) atoms. The molecule has 1 amide bonds. The second kappa shape index (κ2) is 8.54. The van der Waals surface area contributed by atoms with Crippen molar-refractivity contribution in [3.05, 3.63) is 99.5 Å². The van der Waals surface area contributed by atoms with E-state index in [4.69, 9.17) is 16.6 Å². The van der Waals surface area contributed by atoms with E-state index in [1.165, 1.54) is 16.2 Å². The zero-order chi connectivity index (χ0) is 26.0. The number of aliphatic hydroxyl groups excluding tert-OH is 1. The molecule has 1 unspecified atom stereocenters. The summed E-state index contributed by atoms with van der Waals surface area (Å²) in [5.74, 6) is -1.82. The lowest BCUT2D eigenvalue weighted by Crippen LogP contribution is -2.29. The molecule has 3 aromatic heterocycles. The molecule has 6 rings (SSSR count). The summed E-state index contributed by atoms with van der Waals surface area (Å²) in [6.07, 6.45) is 1.76. The Morgan fingerprint density at radius 2 is 1.78 bits per heavy atom. The van der Waals surface area contributed by atoms with Gasteiger partial charge < -0.3 is 5.11 Å². The van der Waals surface area contributed by atoms with Crippen molar-refractivity contribution in [3.63, 3.8) is 0 Å². The van der Waals surface area contributed by atoms with E-state index in [0.717, 1.165) is 21.3 Å². The highest BCUT2D eigenvalue weighted by molar-refractivity contribution is 7.22. The maximum absolute atomic E-state index is 13.6. The topological polar surface area (TPSA) is 87.8 Å². The van der Waals surface area contributed by atoms with Gasteiger partial charge in [0.15, 0.2) is 10.9 Å².